The molecule has 1 aliphatic rings. The van der Waals surface area contributed by atoms with Gasteiger partial charge in [-0.3, -0.25) is 4.79 Å². The number of nitrogens with two attached hydrogens (primary N) is 1. The van der Waals surface area contributed by atoms with Gasteiger partial charge in [0.15, 0.2) is 0 Å². The normalized spacial score (nSPS) is 23.7. The van der Waals surface area contributed by atoms with Crippen LogP contribution in [0.4, 0.5) is 0 Å². The van der Waals surface area contributed by atoms with Crippen LogP contribution in [0.5, 0.6) is 0 Å². The Kier molecular flexibility index (Phi) is 2.49. The lowest BCUT2D eigenvalue weighted by Crippen LogP contribution is -2.34. The number of nitrogens with zero attached hydrogens (tertiary/aromatic N) is 1. The molecule has 2 rings (SSSR count). The SMILES string of the molecule is CN(C)C(=O)[C@@H]1Cc2ccccc2[C@@H]1N. The van der Waals surface area contributed by atoms with E-state index >= 15 is 0 Å². The molecule has 80 valence electrons. The Morgan fingerprint density at radius 3 is 2.67 bits per heavy atom. The van der Waals surface area contributed by atoms with Gasteiger partial charge in [0.2, 0.25) is 5.91 Å². The van der Waals surface area contributed by atoms with Crippen molar-refractivity contribution in [2.75, 3.05) is 14.1 Å². The molecule has 0 spiro atoms. The Bertz CT molecular complexity index is 387. The van der Waals surface area contributed by atoms with E-state index in [1.807, 2.05) is 18.2 Å². The molecule has 1 amide bonds. The van der Waals surface area contributed by atoms with Gasteiger partial charge >= 0.3 is 0 Å². The Morgan fingerprint density at radius 1 is 1.40 bits per heavy atom. The van der Waals surface area contributed by atoms with Gasteiger partial charge in [0.1, 0.15) is 0 Å². The lowest BCUT2D eigenvalue weighted by molar-refractivity contribution is -0.133. The maximum absolute atomic E-state index is 11.9. The average molecular weight is 204 g/mol. The number of amides is 1. The lowest BCUT2D eigenvalue weighted by Gasteiger charge is -2.19. The van der Waals surface area contributed by atoms with Gasteiger partial charge < -0.3 is 10.6 Å². The van der Waals surface area contributed by atoms with E-state index in [0.29, 0.717) is 0 Å². The molecule has 0 aliphatic heterocycles. The molecule has 0 heterocycles. The van der Waals surface area contributed by atoms with Gasteiger partial charge in [0.05, 0.1) is 5.92 Å². The molecule has 0 fully saturated rings. The quantitative estimate of drug-likeness (QED) is 0.740. The molecule has 1 aromatic carbocycles. The molecule has 1 aromatic rings. The smallest absolute Gasteiger partial charge is 0.227 e. The fraction of sp³-hybridized carbons (Fsp3) is 0.417. The molecule has 0 saturated heterocycles. The number of hydrogen-bond acceptors (Lipinski definition) is 2. The second-order valence-corrected chi connectivity index (χ2v) is 4.27. The van der Waals surface area contributed by atoms with Crippen LogP contribution in [0.3, 0.4) is 0 Å². The predicted molar refractivity (Wildman–Crippen MR) is 59.3 cm³/mol. The van der Waals surface area contributed by atoms with Gasteiger partial charge in [0.25, 0.3) is 0 Å². The molecule has 0 unspecified atom stereocenters. The maximum Gasteiger partial charge on any atom is 0.227 e. The summed E-state index contributed by atoms with van der Waals surface area (Å²) in [7, 11) is 3.55. The highest BCUT2D eigenvalue weighted by Crippen LogP contribution is 2.34. The van der Waals surface area contributed by atoms with E-state index in [9.17, 15) is 4.79 Å². The summed E-state index contributed by atoms with van der Waals surface area (Å²) in [5, 5.41) is 0. The number of rotatable bonds is 1. The fourth-order valence-electron chi connectivity index (χ4n) is 2.20. The molecular weight excluding hydrogens is 188 g/mol. The highest BCUT2D eigenvalue weighted by molar-refractivity contribution is 5.80. The Labute approximate surface area is 89.9 Å². The largest absolute Gasteiger partial charge is 0.349 e. The Morgan fingerprint density at radius 2 is 2.07 bits per heavy atom. The molecule has 0 aromatic heterocycles. The Balaban J connectivity index is 2.27. The first kappa shape index (κ1) is 10.2. The molecule has 2 atom stereocenters. The van der Waals surface area contributed by atoms with Crippen LogP contribution in [0.2, 0.25) is 0 Å². The van der Waals surface area contributed by atoms with Gasteiger partial charge in [0, 0.05) is 20.1 Å². The highest BCUT2D eigenvalue weighted by Gasteiger charge is 2.35. The monoisotopic (exact) mass is 204 g/mol. The van der Waals surface area contributed by atoms with E-state index in [0.717, 1.165) is 12.0 Å². The van der Waals surface area contributed by atoms with Crippen molar-refractivity contribution in [1.29, 1.82) is 0 Å². The number of carbonyl (C=O) groups is 1. The van der Waals surface area contributed by atoms with Crippen LogP contribution in [-0.4, -0.2) is 24.9 Å². The predicted octanol–water partition coefficient (Wildman–Crippen LogP) is 0.947. The summed E-state index contributed by atoms with van der Waals surface area (Å²) in [4.78, 5) is 13.5. The molecular formula is C12H16N2O. The summed E-state index contributed by atoms with van der Waals surface area (Å²) >= 11 is 0. The molecule has 1 aliphatic carbocycles. The van der Waals surface area contributed by atoms with Gasteiger partial charge in [-0.1, -0.05) is 24.3 Å². The van der Waals surface area contributed by atoms with Gasteiger partial charge in [-0.2, -0.15) is 0 Å². The summed E-state index contributed by atoms with van der Waals surface area (Å²) in [6.45, 7) is 0. The van der Waals surface area contributed by atoms with Crippen molar-refractivity contribution in [2.24, 2.45) is 11.7 Å². The second kappa shape index (κ2) is 3.66. The summed E-state index contributed by atoms with van der Waals surface area (Å²) < 4.78 is 0. The third kappa shape index (κ3) is 1.63. The van der Waals surface area contributed by atoms with Crippen molar-refractivity contribution in [2.45, 2.75) is 12.5 Å². The van der Waals surface area contributed by atoms with E-state index in [4.69, 9.17) is 5.73 Å². The molecule has 3 nitrogen and oxygen atoms in total. The molecule has 0 radical (unpaired) electrons. The van der Waals surface area contributed by atoms with Crippen molar-refractivity contribution < 1.29 is 4.79 Å². The molecule has 2 N–H and O–H groups in total. The van der Waals surface area contributed by atoms with Gasteiger partial charge in [-0.25, -0.2) is 0 Å². The van der Waals surface area contributed by atoms with Crippen molar-refractivity contribution in [3.63, 3.8) is 0 Å². The van der Waals surface area contributed by atoms with Crippen LogP contribution < -0.4 is 5.73 Å². The van der Waals surface area contributed by atoms with Gasteiger partial charge in [-0.15, -0.1) is 0 Å². The minimum absolute atomic E-state index is 0.0857. The standard InChI is InChI=1S/C12H16N2O/c1-14(2)12(15)10-7-8-5-3-4-6-9(8)11(10)13/h3-6,10-11H,7,13H2,1-2H3/t10-,11+/m1/s1. The van der Waals surface area contributed by atoms with E-state index in [-0.39, 0.29) is 17.9 Å². The summed E-state index contributed by atoms with van der Waals surface area (Å²) in [6, 6.07) is 7.90. The third-order valence-electron chi connectivity index (χ3n) is 3.05. The molecule has 15 heavy (non-hydrogen) atoms. The zero-order chi connectivity index (χ0) is 11.0. The van der Waals surface area contributed by atoms with E-state index in [1.165, 1.54) is 5.56 Å². The molecule has 0 bridgehead atoms. The van der Waals surface area contributed by atoms with Crippen LogP contribution in [-0.2, 0) is 11.2 Å². The fourth-order valence-corrected chi connectivity index (χ4v) is 2.20. The third-order valence-corrected chi connectivity index (χ3v) is 3.05. The van der Waals surface area contributed by atoms with Crippen LogP contribution in [0.15, 0.2) is 24.3 Å². The first-order chi connectivity index (χ1) is 7.11. The lowest BCUT2D eigenvalue weighted by atomic mass is 10.0. The first-order valence-electron chi connectivity index (χ1n) is 5.16. The minimum atomic E-state index is -0.143. The molecule has 3 heteroatoms. The summed E-state index contributed by atoms with van der Waals surface area (Å²) in [5.74, 6) is 0.0381. The van der Waals surface area contributed by atoms with Crippen LogP contribution in [0.25, 0.3) is 0 Å². The van der Waals surface area contributed by atoms with E-state index in [1.54, 1.807) is 19.0 Å². The summed E-state index contributed by atoms with van der Waals surface area (Å²) in [6.07, 6.45) is 0.772. The van der Waals surface area contributed by atoms with Crippen LogP contribution in [0.1, 0.15) is 17.2 Å². The van der Waals surface area contributed by atoms with Crippen LogP contribution in [0, 0.1) is 5.92 Å². The number of hydrogen-bond donors (Lipinski definition) is 1. The Hall–Kier alpha value is -1.35. The van der Waals surface area contributed by atoms with Crippen molar-refractivity contribution >= 4 is 5.91 Å². The van der Waals surface area contributed by atoms with Gasteiger partial charge in [-0.05, 0) is 17.5 Å². The number of benzene rings is 1. The number of carbonyl (C=O) groups excluding carboxylic acids is 1. The number of fused-ring (bicyclic) bond motifs is 1. The van der Waals surface area contributed by atoms with Crippen molar-refractivity contribution in [1.82, 2.24) is 4.90 Å². The van der Waals surface area contributed by atoms with Crippen molar-refractivity contribution in [3.8, 4) is 0 Å². The minimum Gasteiger partial charge on any atom is -0.349 e. The highest BCUT2D eigenvalue weighted by atomic mass is 16.2. The van der Waals surface area contributed by atoms with Crippen LogP contribution >= 0.6 is 0 Å². The zero-order valence-corrected chi connectivity index (χ0v) is 9.10. The maximum atomic E-state index is 11.9. The summed E-state index contributed by atoms with van der Waals surface area (Å²) in [5.41, 5.74) is 8.42. The van der Waals surface area contributed by atoms with E-state index in [2.05, 4.69) is 6.07 Å². The average Bonchev–Trinajstić information content (AvgIpc) is 2.56. The van der Waals surface area contributed by atoms with Crippen molar-refractivity contribution in [3.05, 3.63) is 35.4 Å². The first-order valence-corrected chi connectivity index (χ1v) is 5.16. The zero-order valence-electron chi connectivity index (χ0n) is 9.10. The van der Waals surface area contributed by atoms with E-state index < -0.39 is 0 Å². The topological polar surface area (TPSA) is 46.3 Å². The second-order valence-electron chi connectivity index (χ2n) is 4.27. The molecule has 0 saturated carbocycles.